The molecule has 4 nitrogen and oxygen atoms in total. The van der Waals surface area contributed by atoms with Gasteiger partial charge in [-0.1, -0.05) is 6.92 Å². The zero-order chi connectivity index (χ0) is 11.3. The number of amides is 1. The van der Waals surface area contributed by atoms with E-state index in [-0.39, 0.29) is 5.91 Å². The van der Waals surface area contributed by atoms with Gasteiger partial charge in [0.1, 0.15) is 12.0 Å². The fraction of sp³-hybridized carbons (Fsp3) is 0.545. The second-order valence-electron chi connectivity index (χ2n) is 3.39. The summed E-state index contributed by atoms with van der Waals surface area (Å²) in [5.41, 5.74) is 6.00. The fourth-order valence-corrected chi connectivity index (χ4v) is 1.46. The second-order valence-corrected chi connectivity index (χ2v) is 3.39. The minimum absolute atomic E-state index is 0.0165. The van der Waals surface area contributed by atoms with Gasteiger partial charge in [-0.25, -0.2) is 0 Å². The van der Waals surface area contributed by atoms with Gasteiger partial charge in [-0.05, 0) is 19.4 Å². The van der Waals surface area contributed by atoms with Crippen molar-refractivity contribution < 1.29 is 9.21 Å². The van der Waals surface area contributed by atoms with E-state index in [4.69, 9.17) is 10.2 Å². The molecule has 1 aromatic heterocycles. The molecule has 0 aliphatic carbocycles. The van der Waals surface area contributed by atoms with Crippen LogP contribution in [-0.2, 0) is 6.54 Å². The van der Waals surface area contributed by atoms with Gasteiger partial charge in [0.25, 0.3) is 5.91 Å². The third-order valence-electron chi connectivity index (χ3n) is 2.26. The molecule has 0 spiro atoms. The molecule has 0 aliphatic heterocycles. The third kappa shape index (κ3) is 2.83. The Bertz CT molecular complexity index is 320. The van der Waals surface area contributed by atoms with E-state index in [0.717, 1.165) is 19.5 Å². The molecule has 0 saturated heterocycles. The maximum absolute atomic E-state index is 11.9. The van der Waals surface area contributed by atoms with Crippen molar-refractivity contribution in [1.29, 1.82) is 0 Å². The Morgan fingerprint density at radius 2 is 2.27 bits per heavy atom. The maximum Gasteiger partial charge on any atom is 0.257 e. The summed E-state index contributed by atoms with van der Waals surface area (Å²) in [5, 5.41) is 0. The zero-order valence-electron chi connectivity index (χ0n) is 9.32. The summed E-state index contributed by atoms with van der Waals surface area (Å²) in [4.78, 5) is 13.7. The number of nitrogens with two attached hydrogens (primary N) is 1. The Kier molecular flexibility index (Phi) is 4.37. The van der Waals surface area contributed by atoms with E-state index in [2.05, 4.69) is 6.92 Å². The number of furan rings is 1. The highest BCUT2D eigenvalue weighted by Crippen LogP contribution is 2.10. The van der Waals surface area contributed by atoms with Crippen molar-refractivity contribution in [3.8, 4) is 0 Å². The van der Waals surface area contributed by atoms with Crippen molar-refractivity contribution in [3.63, 3.8) is 0 Å². The van der Waals surface area contributed by atoms with E-state index in [1.807, 2.05) is 6.92 Å². The Morgan fingerprint density at radius 1 is 1.53 bits per heavy atom. The maximum atomic E-state index is 11.9. The quantitative estimate of drug-likeness (QED) is 0.803. The molecule has 0 saturated carbocycles. The SMILES string of the molecule is CCCN(CC)C(=O)c1coc(CN)c1. The summed E-state index contributed by atoms with van der Waals surface area (Å²) in [6, 6.07) is 1.71. The molecule has 0 radical (unpaired) electrons. The van der Waals surface area contributed by atoms with Gasteiger partial charge in [0.2, 0.25) is 0 Å². The van der Waals surface area contributed by atoms with Crippen LogP contribution in [0.2, 0.25) is 0 Å². The van der Waals surface area contributed by atoms with Crippen LogP contribution in [0.4, 0.5) is 0 Å². The van der Waals surface area contributed by atoms with E-state index >= 15 is 0 Å². The van der Waals surface area contributed by atoms with E-state index in [1.165, 1.54) is 6.26 Å². The van der Waals surface area contributed by atoms with Gasteiger partial charge >= 0.3 is 0 Å². The number of hydrogen-bond donors (Lipinski definition) is 1. The normalized spacial score (nSPS) is 10.3. The van der Waals surface area contributed by atoms with Crippen LogP contribution < -0.4 is 5.73 Å². The van der Waals surface area contributed by atoms with Gasteiger partial charge in [0, 0.05) is 13.1 Å². The number of rotatable bonds is 5. The summed E-state index contributed by atoms with van der Waals surface area (Å²) >= 11 is 0. The van der Waals surface area contributed by atoms with Crippen LogP contribution >= 0.6 is 0 Å². The first-order chi connectivity index (χ1) is 7.22. The highest BCUT2D eigenvalue weighted by atomic mass is 16.3. The molecular formula is C11H18N2O2. The molecular weight excluding hydrogens is 192 g/mol. The lowest BCUT2D eigenvalue weighted by atomic mass is 10.2. The van der Waals surface area contributed by atoms with Crippen molar-refractivity contribution in [2.24, 2.45) is 5.73 Å². The molecule has 1 aromatic rings. The minimum atomic E-state index is 0.0165. The molecule has 1 heterocycles. The number of carbonyl (C=O) groups is 1. The van der Waals surface area contributed by atoms with Gasteiger partial charge in [-0.2, -0.15) is 0 Å². The van der Waals surface area contributed by atoms with Crippen LogP contribution in [0.25, 0.3) is 0 Å². The molecule has 0 fully saturated rings. The summed E-state index contributed by atoms with van der Waals surface area (Å²) < 4.78 is 5.14. The topological polar surface area (TPSA) is 59.5 Å². The molecule has 0 aromatic carbocycles. The summed E-state index contributed by atoms with van der Waals surface area (Å²) in [6.45, 7) is 5.84. The highest BCUT2D eigenvalue weighted by Gasteiger charge is 2.15. The van der Waals surface area contributed by atoms with Crippen molar-refractivity contribution in [2.75, 3.05) is 13.1 Å². The number of nitrogens with zero attached hydrogens (tertiary/aromatic N) is 1. The van der Waals surface area contributed by atoms with Gasteiger partial charge in [-0.15, -0.1) is 0 Å². The molecule has 4 heteroatoms. The van der Waals surface area contributed by atoms with Crippen molar-refractivity contribution in [1.82, 2.24) is 4.90 Å². The lowest BCUT2D eigenvalue weighted by Gasteiger charge is -2.18. The van der Waals surface area contributed by atoms with Crippen molar-refractivity contribution >= 4 is 5.91 Å². The predicted molar refractivity (Wildman–Crippen MR) is 58.5 cm³/mol. The molecule has 2 N–H and O–H groups in total. The average molecular weight is 210 g/mol. The standard InChI is InChI=1S/C11H18N2O2/c1-3-5-13(4-2)11(14)9-6-10(7-12)15-8-9/h6,8H,3-5,7,12H2,1-2H3. The van der Waals surface area contributed by atoms with Crippen LogP contribution in [0.1, 0.15) is 36.4 Å². The van der Waals surface area contributed by atoms with E-state index < -0.39 is 0 Å². The Hall–Kier alpha value is -1.29. The molecule has 0 unspecified atom stereocenters. The Labute approximate surface area is 90.0 Å². The summed E-state index contributed by atoms with van der Waals surface area (Å²) in [5.74, 6) is 0.661. The molecule has 84 valence electrons. The van der Waals surface area contributed by atoms with E-state index in [1.54, 1.807) is 11.0 Å². The van der Waals surface area contributed by atoms with Gasteiger partial charge in [0.15, 0.2) is 0 Å². The Balaban J connectivity index is 2.73. The van der Waals surface area contributed by atoms with Gasteiger partial charge < -0.3 is 15.1 Å². The molecule has 0 bridgehead atoms. The number of hydrogen-bond acceptors (Lipinski definition) is 3. The highest BCUT2D eigenvalue weighted by molar-refractivity contribution is 5.94. The summed E-state index contributed by atoms with van der Waals surface area (Å²) in [7, 11) is 0. The monoisotopic (exact) mass is 210 g/mol. The van der Waals surface area contributed by atoms with E-state index in [9.17, 15) is 4.79 Å². The number of carbonyl (C=O) groups excluding carboxylic acids is 1. The van der Waals surface area contributed by atoms with Crippen LogP contribution in [0.15, 0.2) is 16.7 Å². The molecule has 1 amide bonds. The largest absolute Gasteiger partial charge is 0.467 e. The fourth-order valence-electron chi connectivity index (χ4n) is 1.46. The van der Waals surface area contributed by atoms with Crippen molar-refractivity contribution in [2.45, 2.75) is 26.8 Å². The first kappa shape index (κ1) is 11.8. The van der Waals surface area contributed by atoms with Crippen LogP contribution in [0, 0.1) is 0 Å². The molecule has 0 atom stereocenters. The average Bonchev–Trinajstić information content (AvgIpc) is 2.73. The zero-order valence-corrected chi connectivity index (χ0v) is 9.32. The van der Waals surface area contributed by atoms with Gasteiger partial charge in [-0.3, -0.25) is 4.79 Å². The first-order valence-corrected chi connectivity index (χ1v) is 5.29. The lowest BCUT2D eigenvalue weighted by molar-refractivity contribution is 0.0763. The van der Waals surface area contributed by atoms with Crippen LogP contribution in [0.5, 0.6) is 0 Å². The van der Waals surface area contributed by atoms with E-state index in [0.29, 0.717) is 17.9 Å². The first-order valence-electron chi connectivity index (χ1n) is 5.29. The third-order valence-corrected chi connectivity index (χ3v) is 2.26. The predicted octanol–water partition coefficient (Wildman–Crippen LogP) is 1.61. The molecule has 0 aliphatic rings. The van der Waals surface area contributed by atoms with Crippen LogP contribution in [0.3, 0.4) is 0 Å². The molecule has 1 rings (SSSR count). The smallest absolute Gasteiger partial charge is 0.257 e. The lowest BCUT2D eigenvalue weighted by Crippen LogP contribution is -2.31. The minimum Gasteiger partial charge on any atom is -0.467 e. The second kappa shape index (κ2) is 5.56. The van der Waals surface area contributed by atoms with Crippen molar-refractivity contribution in [3.05, 3.63) is 23.7 Å². The molecule has 15 heavy (non-hydrogen) atoms. The van der Waals surface area contributed by atoms with Gasteiger partial charge in [0.05, 0.1) is 12.1 Å². The Morgan fingerprint density at radius 3 is 2.73 bits per heavy atom. The summed E-state index contributed by atoms with van der Waals surface area (Å²) in [6.07, 6.45) is 2.43. The van der Waals surface area contributed by atoms with Crippen LogP contribution in [-0.4, -0.2) is 23.9 Å².